The van der Waals surface area contributed by atoms with Crippen molar-refractivity contribution in [1.82, 2.24) is 4.98 Å². The van der Waals surface area contributed by atoms with Gasteiger partial charge in [-0.25, -0.2) is 4.79 Å². The first-order valence-corrected chi connectivity index (χ1v) is 3.49. The van der Waals surface area contributed by atoms with E-state index in [-0.39, 0.29) is 5.56 Å². The van der Waals surface area contributed by atoms with E-state index in [1.54, 1.807) is 13.8 Å². The Morgan fingerprint density at radius 2 is 2.17 bits per heavy atom. The lowest BCUT2D eigenvalue weighted by Crippen LogP contribution is -2.05. The number of rotatable bonds is 1. The second-order valence-corrected chi connectivity index (χ2v) is 2.60. The summed E-state index contributed by atoms with van der Waals surface area (Å²) in [5, 5.41) is 8.69. The Balaban J connectivity index is 3.36. The van der Waals surface area contributed by atoms with Crippen molar-refractivity contribution < 1.29 is 9.90 Å². The molecule has 0 aliphatic carbocycles. The minimum atomic E-state index is -0.994. The minimum Gasteiger partial charge on any atom is -0.478 e. The first kappa shape index (κ1) is 8.52. The molecule has 0 amide bonds. The van der Waals surface area contributed by atoms with E-state index >= 15 is 0 Å². The molecule has 1 heterocycles. The van der Waals surface area contributed by atoms with Crippen LogP contribution in [-0.4, -0.2) is 16.1 Å². The molecule has 1 aromatic heterocycles. The van der Waals surface area contributed by atoms with E-state index in [0.717, 1.165) is 0 Å². The number of hydrogen-bond acceptors (Lipinski definition) is 3. The molecule has 0 radical (unpaired) electrons. The zero-order chi connectivity index (χ0) is 9.30. The molecule has 4 heteroatoms. The van der Waals surface area contributed by atoms with Gasteiger partial charge in [0.15, 0.2) is 0 Å². The van der Waals surface area contributed by atoms with Gasteiger partial charge in [0.1, 0.15) is 0 Å². The van der Waals surface area contributed by atoms with Crippen molar-refractivity contribution in [3.8, 4) is 0 Å². The summed E-state index contributed by atoms with van der Waals surface area (Å²) in [6.45, 7) is 3.42. The van der Waals surface area contributed by atoms with Gasteiger partial charge in [-0.3, -0.25) is 4.98 Å². The van der Waals surface area contributed by atoms with Crippen LogP contribution in [0.1, 0.15) is 21.6 Å². The van der Waals surface area contributed by atoms with Crippen molar-refractivity contribution in [2.75, 3.05) is 5.73 Å². The Hall–Kier alpha value is -1.58. The third kappa shape index (κ3) is 1.23. The van der Waals surface area contributed by atoms with Crippen molar-refractivity contribution in [2.45, 2.75) is 13.8 Å². The maximum Gasteiger partial charge on any atom is 0.337 e. The van der Waals surface area contributed by atoms with Crippen LogP contribution in [0.4, 0.5) is 5.69 Å². The maximum atomic E-state index is 10.6. The van der Waals surface area contributed by atoms with E-state index in [2.05, 4.69) is 4.98 Å². The number of nitrogen functional groups attached to an aromatic ring is 1. The summed E-state index contributed by atoms with van der Waals surface area (Å²) in [5.41, 5.74) is 7.46. The van der Waals surface area contributed by atoms with Crippen molar-refractivity contribution in [3.05, 3.63) is 23.0 Å². The van der Waals surface area contributed by atoms with Gasteiger partial charge in [0.05, 0.1) is 16.9 Å². The van der Waals surface area contributed by atoms with Gasteiger partial charge in [0, 0.05) is 6.20 Å². The number of carbonyl (C=O) groups is 1. The molecule has 0 saturated carbocycles. The first-order chi connectivity index (χ1) is 5.54. The number of aromatic carboxylic acids is 1. The molecule has 1 aromatic rings. The fourth-order valence-corrected chi connectivity index (χ4v) is 0.960. The van der Waals surface area contributed by atoms with E-state index in [1.807, 2.05) is 0 Å². The van der Waals surface area contributed by atoms with Crippen LogP contribution in [0, 0.1) is 13.8 Å². The fraction of sp³-hybridized carbons (Fsp3) is 0.250. The maximum absolute atomic E-state index is 10.6. The van der Waals surface area contributed by atoms with Gasteiger partial charge in [-0.15, -0.1) is 0 Å². The van der Waals surface area contributed by atoms with Crippen LogP contribution in [0.5, 0.6) is 0 Å². The van der Waals surface area contributed by atoms with Crippen LogP contribution in [0.2, 0.25) is 0 Å². The smallest absolute Gasteiger partial charge is 0.337 e. The Labute approximate surface area is 70.0 Å². The highest BCUT2D eigenvalue weighted by Gasteiger charge is 2.10. The Kier molecular flexibility index (Phi) is 1.99. The molecule has 0 spiro atoms. The molecule has 0 aliphatic heterocycles. The number of aromatic nitrogens is 1. The zero-order valence-electron chi connectivity index (χ0n) is 6.96. The van der Waals surface area contributed by atoms with Crippen LogP contribution in [0.15, 0.2) is 6.20 Å². The third-order valence-electron chi connectivity index (χ3n) is 1.82. The molecule has 0 bridgehead atoms. The highest BCUT2D eigenvalue weighted by Crippen LogP contribution is 2.17. The Bertz CT molecular complexity index is 334. The Morgan fingerprint density at radius 3 is 2.67 bits per heavy atom. The SMILES string of the molecule is Cc1ncc(C(=O)O)c(C)c1N. The largest absolute Gasteiger partial charge is 0.478 e. The lowest BCUT2D eigenvalue weighted by atomic mass is 10.1. The molecule has 1 rings (SSSR count). The van der Waals surface area contributed by atoms with Crippen molar-refractivity contribution >= 4 is 11.7 Å². The predicted molar refractivity (Wildman–Crippen MR) is 45.1 cm³/mol. The number of aryl methyl sites for hydroxylation is 1. The topological polar surface area (TPSA) is 76.2 Å². The van der Waals surface area contributed by atoms with Crippen LogP contribution >= 0.6 is 0 Å². The van der Waals surface area contributed by atoms with E-state index < -0.39 is 5.97 Å². The molecule has 12 heavy (non-hydrogen) atoms. The number of pyridine rings is 1. The van der Waals surface area contributed by atoms with Gasteiger partial charge in [0.2, 0.25) is 0 Å². The standard InChI is InChI=1S/C8H10N2O2/c1-4-6(8(11)12)3-10-5(2)7(4)9/h3H,9H2,1-2H3,(H,11,12). The van der Waals surface area contributed by atoms with Crippen LogP contribution in [0.3, 0.4) is 0 Å². The highest BCUT2D eigenvalue weighted by atomic mass is 16.4. The number of nitrogens with zero attached hydrogens (tertiary/aromatic N) is 1. The number of hydrogen-bond donors (Lipinski definition) is 2. The molecular weight excluding hydrogens is 156 g/mol. The molecule has 0 aliphatic rings. The highest BCUT2D eigenvalue weighted by molar-refractivity contribution is 5.90. The number of anilines is 1. The van der Waals surface area contributed by atoms with Crippen molar-refractivity contribution in [2.24, 2.45) is 0 Å². The van der Waals surface area contributed by atoms with Crippen LogP contribution < -0.4 is 5.73 Å². The molecule has 0 aromatic carbocycles. The summed E-state index contributed by atoms with van der Waals surface area (Å²) >= 11 is 0. The van der Waals surface area contributed by atoms with Gasteiger partial charge in [0.25, 0.3) is 0 Å². The second kappa shape index (κ2) is 2.81. The van der Waals surface area contributed by atoms with Gasteiger partial charge in [-0.2, -0.15) is 0 Å². The van der Waals surface area contributed by atoms with Gasteiger partial charge < -0.3 is 10.8 Å². The summed E-state index contributed by atoms with van der Waals surface area (Å²) in [6, 6.07) is 0. The van der Waals surface area contributed by atoms with E-state index in [4.69, 9.17) is 10.8 Å². The molecule has 0 unspecified atom stereocenters. The summed E-state index contributed by atoms with van der Waals surface area (Å²) in [6.07, 6.45) is 1.32. The van der Waals surface area contributed by atoms with E-state index in [0.29, 0.717) is 16.9 Å². The predicted octanol–water partition coefficient (Wildman–Crippen LogP) is 0.979. The van der Waals surface area contributed by atoms with Crippen molar-refractivity contribution in [3.63, 3.8) is 0 Å². The Morgan fingerprint density at radius 1 is 1.58 bits per heavy atom. The van der Waals surface area contributed by atoms with E-state index in [9.17, 15) is 4.79 Å². The molecule has 0 saturated heterocycles. The van der Waals surface area contributed by atoms with Crippen LogP contribution in [0.25, 0.3) is 0 Å². The average molecular weight is 166 g/mol. The molecule has 64 valence electrons. The minimum absolute atomic E-state index is 0.165. The van der Waals surface area contributed by atoms with Crippen LogP contribution in [-0.2, 0) is 0 Å². The second-order valence-electron chi connectivity index (χ2n) is 2.60. The lowest BCUT2D eigenvalue weighted by Gasteiger charge is -2.05. The normalized spacial score (nSPS) is 9.83. The molecule has 3 N–H and O–H groups in total. The molecule has 4 nitrogen and oxygen atoms in total. The molecular formula is C8H10N2O2. The van der Waals surface area contributed by atoms with E-state index in [1.165, 1.54) is 6.20 Å². The number of carboxylic acid groups (broad SMARTS) is 1. The lowest BCUT2D eigenvalue weighted by molar-refractivity contribution is 0.0695. The summed E-state index contributed by atoms with van der Waals surface area (Å²) < 4.78 is 0. The quantitative estimate of drug-likeness (QED) is 0.652. The third-order valence-corrected chi connectivity index (χ3v) is 1.82. The average Bonchev–Trinajstić information content (AvgIpc) is 2.00. The first-order valence-electron chi connectivity index (χ1n) is 3.49. The van der Waals surface area contributed by atoms with Gasteiger partial charge in [-0.05, 0) is 19.4 Å². The molecule has 0 fully saturated rings. The summed E-state index contributed by atoms with van der Waals surface area (Å²) in [5.74, 6) is -0.994. The van der Waals surface area contributed by atoms with Gasteiger partial charge >= 0.3 is 5.97 Å². The number of carboxylic acids is 1. The number of nitrogens with two attached hydrogens (primary N) is 1. The molecule has 0 atom stereocenters. The van der Waals surface area contributed by atoms with Crippen molar-refractivity contribution in [1.29, 1.82) is 0 Å². The fourth-order valence-electron chi connectivity index (χ4n) is 0.960. The summed E-state index contributed by atoms with van der Waals surface area (Å²) in [4.78, 5) is 14.4. The summed E-state index contributed by atoms with van der Waals surface area (Å²) in [7, 11) is 0. The zero-order valence-corrected chi connectivity index (χ0v) is 6.96. The van der Waals surface area contributed by atoms with Gasteiger partial charge in [-0.1, -0.05) is 0 Å². The monoisotopic (exact) mass is 166 g/mol.